The van der Waals surface area contributed by atoms with Crippen LogP contribution in [-0.2, 0) is 6.54 Å². The molecule has 0 aliphatic rings. The first-order valence-corrected chi connectivity index (χ1v) is 10.5. The van der Waals surface area contributed by atoms with Gasteiger partial charge in [-0.1, -0.05) is 18.2 Å². The minimum Gasteiger partial charge on any atom is -0.347 e. The van der Waals surface area contributed by atoms with Crippen LogP contribution in [0.5, 0.6) is 0 Å². The summed E-state index contributed by atoms with van der Waals surface area (Å²) in [6.45, 7) is 2.93. The van der Waals surface area contributed by atoms with Gasteiger partial charge in [0, 0.05) is 62.1 Å². The Morgan fingerprint density at radius 1 is 0.812 bits per heavy atom. The third-order valence-corrected chi connectivity index (χ3v) is 5.39. The van der Waals surface area contributed by atoms with Gasteiger partial charge in [0.15, 0.2) is 5.78 Å². The highest BCUT2D eigenvalue weighted by molar-refractivity contribution is 6.15. The largest absolute Gasteiger partial charge is 0.347 e. The molecule has 0 aliphatic carbocycles. The third-order valence-electron chi connectivity index (χ3n) is 5.39. The van der Waals surface area contributed by atoms with Gasteiger partial charge in [0.25, 0.3) is 0 Å². The molecule has 4 aromatic rings. The molecule has 0 aliphatic heterocycles. The van der Waals surface area contributed by atoms with E-state index >= 15 is 0 Å². The summed E-state index contributed by atoms with van der Waals surface area (Å²) in [6, 6.07) is 13.8. The van der Waals surface area contributed by atoms with E-state index in [0.29, 0.717) is 17.5 Å². The van der Waals surface area contributed by atoms with Crippen LogP contribution in [0.15, 0.2) is 42.5 Å². The first kappa shape index (κ1) is 21.4. The van der Waals surface area contributed by atoms with Gasteiger partial charge in [-0.3, -0.25) is 9.59 Å². The zero-order valence-electron chi connectivity index (χ0n) is 19.0. The maximum atomic E-state index is 13.0. The number of benzene rings is 2. The van der Waals surface area contributed by atoms with Gasteiger partial charge in [-0.05, 0) is 31.2 Å². The van der Waals surface area contributed by atoms with Crippen LogP contribution in [0.3, 0.4) is 0 Å². The second-order valence-corrected chi connectivity index (χ2v) is 8.06. The molecule has 32 heavy (non-hydrogen) atoms. The molecular formula is C24H26N6O2. The number of ketones is 2. The summed E-state index contributed by atoms with van der Waals surface area (Å²) < 4.78 is 2.22. The van der Waals surface area contributed by atoms with E-state index in [1.807, 2.05) is 24.3 Å². The predicted molar refractivity (Wildman–Crippen MR) is 127 cm³/mol. The molecule has 0 saturated carbocycles. The van der Waals surface area contributed by atoms with Crippen LogP contribution in [0.4, 0.5) is 11.9 Å². The lowest BCUT2D eigenvalue weighted by molar-refractivity contribution is 0.0888. The van der Waals surface area contributed by atoms with E-state index in [1.165, 1.54) is 0 Å². The van der Waals surface area contributed by atoms with Crippen molar-refractivity contribution in [3.8, 4) is 0 Å². The first-order chi connectivity index (χ1) is 15.3. The monoisotopic (exact) mass is 430 g/mol. The fraction of sp³-hybridized carbons (Fsp3) is 0.292. The van der Waals surface area contributed by atoms with Crippen molar-refractivity contribution < 1.29 is 9.59 Å². The second-order valence-electron chi connectivity index (χ2n) is 8.06. The van der Waals surface area contributed by atoms with Crippen molar-refractivity contribution in [1.82, 2.24) is 19.5 Å². The molecule has 0 atom stereocenters. The van der Waals surface area contributed by atoms with Crippen LogP contribution in [0.25, 0.3) is 21.8 Å². The van der Waals surface area contributed by atoms with Gasteiger partial charge in [0.05, 0.1) is 6.42 Å². The van der Waals surface area contributed by atoms with Crippen molar-refractivity contribution >= 4 is 45.3 Å². The molecule has 2 aromatic carbocycles. The minimum absolute atomic E-state index is 0.00980. The molecular weight excluding hydrogens is 404 g/mol. The Hall–Kier alpha value is -3.81. The van der Waals surface area contributed by atoms with Crippen LogP contribution >= 0.6 is 0 Å². The zero-order valence-corrected chi connectivity index (χ0v) is 19.0. The number of anilines is 2. The number of hydrogen-bond donors (Lipinski definition) is 0. The van der Waals surface area contributed by atoms with E-state index in [-0.39, 0.29) is 18.0 Å². The summed E-state index contributed by atoms with van der Waals surface area (Å²) in [5.41, 5.74) is 2.70. The maximum Gasteiger partial charge on any atom is 0.230 e. The molecule has 164 valence electrons. The van der Waals surface area contributed by atoms with Crippen molar-refractivity contribution in [2.24, 2.45) is 0 Å². The van der Waals surface area contributed by atoms with E-state index < -0.39 is 5.78 Å². The van der Waals surface area contributed by atoms with Gasteiger partial charge in [-0.15, -0.1) is 0 Å². The number of aryl methyl sites for hydroxylation is 1. The average molecular weight is 431 g/mol. The smallest absolute Gasteiger partial charge is 0.230 e. The van der Waals surface area contributed by atoms with E-state index in [2.05, 4.69) is 38.6 Å². The number of fused-ring (bicyclic) bond motifs is 3. The number of carbonyl (C=O) groups excluding carboxylic acids is 2. The lowest BCUT2D eigenvalue weighted by Gasteiger charge is -2.15. The van der Waals surface area contributed by atoms with Gasteiger partial charge < -0.3 is 14.4 Å². The molecule has 0 N–H and O–H groups in total. The Kier molecular flexibility index (Phi) is 5.61. The summed E-state index contributed by atoms with van der Waals surface area (Å²) in [5, 5.41) is 2.10. The highest BCUT2D eigenvalue weighted by Gasteiger charge is 2.20. The number of hydrogen-bond acceptors (Lipinski definition) is 7. The van der Waals surface area contributed by atoms with Crippen molar-refractivity contribution in [2.45, 2.75) is 19.9 Å². The second kappa shape index (κ2) is 8.37. The van der Waals surface area contributed by atoms with Crippen molar-refractivity contribution in [3.05, 3.63) is 53.9 Å². The Morgan fingerprint density at radius 2 is 1.44 bits per heavy atom. The molecule has 0 amide bonds. The van der Waals surface area contributed by atoms with Gasteiger partial charge in [0.2, 0.25) is 23.5 Å². The average Bonchev–Trinajstić information content (AvgIpc) is 3.11. The molecule has 0 saturated heterocycles. The molecule has 4 rings (SSSR count). The fourth-order valence-electron chi connectivity index (χ4n) is 3.77. The lowest BCUT2D eigenvalue weighted by atomic mass is 10.0. The number of nitrogens with zero attached hydrogens (tertiary/aromatic N) is 6. The van der Waals surface area contributed by atoms with E-state index in [4.69, 9.17) is 0 Å². The van der Waals surface area contributed by atoms with Crippen molar-refractivity contribution in [2.75, 3.05) is 38.0 Å². The topological polar surface area (TPSA) is 84.2 Å². The minimum atomic E-state index is -0.431. The van der Waals surface area contributed by atoms with Crippen LogP contribution in [0, 0.1) is 0 Å². The number of Topliss-reactive ketones (excluding diaryl/α,β-unsaturated/α-hetero) is 2. The molecule has 2 heterocycles. The number of aromatic nitrogens is 4. The summed E-state index contributed by atoms with van der Waals surface area (Å²) in [7, 11) is 7.15. The van der Waals surface area contributed by atoms with Gasteiger partial charge in [0.1, 0.15) is 0 Å². The Morgan fingerprint density at radius 3 is 2.06 bits per heavy atom. The number of rotatable bonds is 7. The van der Waals surface area contributed by atoms with Crippen LogP contribution < -0.4 is 9.80 Å². The quantitative estimate of drug-likeness (QED) is 0.327. The summed E-state index contributed by atoms with van der Waals surface area (Å²) in [5.74, 6) is 0.0362. The summed E-state index contributed by atoms with van der Waals surface area (Å²) in [6.07, 6.45) is -0.304. The molecule has 2 aromatic heterocycles. The van der Waals surface area contributed by atoms with Gasteiger partial charge in [-0.25, -0.2) is 0 Å². The molecule has 8 nitrogen and oxygen atoms in total. The SMILES string of the molecule is CCn1c2ccccc2c2cc(C(=O)CC(=O)c3nc(N(C)C)nc(N(C)C)n3)ccc21. The molecule has 8 heteroatoms. The Balaban J connectivity index is 1.67. The van der Waals surface area contributed by atoms with Gasteiger partial charge in [-0.2, -0.15) is 15.0 Å². The predicted octanol–water partition coefficient (Wildman–Crippen LogP) is 3.59. The lowest BCUT2D eigenvalue weighted by Crippen LogP contribution is -2.22. The fourth-order valence-corrected chi connectivity index (χ4v) is 3.77. The van der Waals surface area contributed by atoms with Crippen molar-refractivity contribution in [3.63, 3.8) is 0 Å². The van der Waals surface area contributed by atoms with E-state index in [9.17, 15) is 9.59 Å². The molecule has 0 radical (unpaired) electrons. The standard InChI is InChI=1S/C24H26N6O2/c1-6-30-18-10-8-7-9-16(18)17-13-15(11-12-19(17)30)20(31)14-21(32)22-25-23(28(2)3)27-24(26-22)29(4)5/h7-13H,6,14H2,1-5H3. The third kappa shape index (κ3) is 3.79. The van der Waals surface area contributed by atoms with Crippen molar-refractivity contribution in [1.29, 1.82) is 0 Å². The summed E-state index contributed by atoms with van der Waals surface area (Å²) in [4.78, 5) is 42.1. The Labute approximate surface area is 186 Å². The highest BCUT2D eigenvalue weighted by Crippen LogP contribution is 2.30. The normalized spacial score (nSPS) is 11.2. The molecule has 0 bridgehead atoms. The van der Waals surface area contributed by atoms with Crippen LogP contribution in [0.2, 0.25) is 0 Å². The zero-order chi connectivity index (χ0) is 23.0. The van der Waals surface area contributed by atoms with Crippen LogP contribution in [0.1, 0.15) is 34.3 Å². The van der Waals surface area contributed by atoms with Gasteiger partial charge >= 0.3 is 0 Å². The molecule has 0 unspecified atom stereocenters. The summed E-state index contributed by atoms with van der Waals surface area (Å²) >= 11 is 0. The number of carbonyl (C=O) groups is 2. The molecule has 0 spiro atoms. The number of para-hydroxylation sites is 1. The van der Waals surface area contributed by atoms with E-state index in [1.54, 1.807) is 44.1 Å². The highest BCUT2D eigenvalue weighted by atomic mass is 16.1. The first-order valence-electron chi connectivity index (χ1n) is 10.5. The van der Waals surface area contributed by atoms with Crippen LogP contribution in [-0.4, -0.2) is 59.3 Å². The molecule has 0 fully saturated rings. The Bertz CT molecular complexity index is 1310. The maximum absolute atomic E-state index is 13.0. The van der Waals surface area contributed by atoms with E-state index in [0.717, 1.165) is 28.4 Å².